The smallest absolute Gasteiger partial charge is 0.257 e. The van der Waals surface area contributed by atoms with E-state index in [4.69, 9.17) is 16.9 Å². The van der Waals surface area contributed by atoms with Gasteiger partial charge in [-0.15, -0.1) is 0 Å². The fourth-order valence-electron chi connectivity index (χ4n) is 4.55. The molecule has 0 spiro atoms. The molecule has 0 N–H and O–H groups in total. The van der Waals surface area contributed by atoms with Gasteiger partial charge in [0.2, 0.25) is 11.8 Å². The zero-order valence-electron chi connectivity index (χ0n) is 17.7. The maximum absolute atomic E-state index is 13.5. The average Bonchev–Trinajstić information content (AvgIpc) is 3.12. The molecule has 0 radical (unpaired) electrons. The Morgan fingerprint density at radius 1 is 1.06 bits per heavy atom. The molecule has 7 heteroatoms. The molecule has 164 valence electrons. The minimum Gasteiger partial charge on any atom is -0.325 e. The molecule has 1 saturated carbocycles. The summed E-state index contributed by atoms with van der Waals surface area (Å²) in [4.78, 5) is 42.5. The SMILES string of the molecule is N#Cc1ccc(N2C(=O)CC(N(Cc3ccccc3Cl)C(=O)C3CCCCC3)C2=O)cc1. The van der Waals surface area contributed by atoms with Crippen molar-refractivity contribution in [3.63, 3.8) is 0 Å². The highest BCUT2D eigenvalue weighted by Crippen LogP contribution is 2.32. The third-order valence-corrected chi connectivity index (χ3v) is 6.66. The fraction of sp³-hybridized carbons (Fsp3) is 0.360. The van der Waals surface area contributed by atoms with Gasteiger partial charge < -0.3 is 4.90 Å². The lowest BCUT2D eigenvalue weighted by Gasteiger charge is -2.33. The molecule has 2 aromatic carbocycles. The van der Waals surface area contributed by atoms with Crippen LogP contribution < -0.4 is 4.90 Å². The van der Waals surface area contributed by atoms with Crippen LogP contribution in [0.1, 0.15) is 49.7 Å². The molecule has 3 amide bonds. The number of amides is 3. The number of nitriles is 1. The summed E-state index contributed by atoms with van der Waals surface area (Å²) in [5.41, 5.74) is 1.59. The molecule has 2 aliphatic rings. The Morgan fingerprint density at radius 3 is 2.41 bits per heavy atom. The average molecular weight is 450 g/mol. The minimum atomic E-state index is -0.871. The zero-order chi connectivity index (χ0) is 22.7. The van der Waals surface area contributed by atoms with Gasteiger partial charge in [-0.3, -0.25) is 14.4 Å². The number of rotatable bonds is 5. The highest BCUT2D eigenvalue weighted by molar-refractivity contribution is 6.31. The molecule has 1 unspecified atom stereocenters. The van der Waals surface area contributed by atoms with Crippen LogP contribution in [0.5, 0.6) is 0 Å². The van der Waals surface area contributed by atoms with Gasteiger partial charge in [-0.05, 0) is 48.7 Å². The molecule has 1 aliphatic carbocycles. The molecular formula is C25H24ClN3O3. The number of hydrogen-bond donors (Lipinski definition) is 0. The summed E-state index contributed by atoms with van der Waals surface area (Å²) in [5.74, 6) is -1.00. The lowest BCUT2D eigenvalue weighted by atomic mass is 9.87. The summed E-state index contributed by atoms with van der Waals surface area (Å²) in [6.45, 7) is 0.180. The van der Waals surface area contributed by atoms with E-state index < -0.39 is 11.9 Å². The van der Waals surface area contributed by atoms with Crippen molar-refractivity contribution in [3.05, 3.63) is 64.7 Å². The van der Waals surface area contributed by atoms with Crippen molar-refractivity contribution in [1.82, 2.24) is 4.90 Å². The van der Waals surface area contributed by atoms with E-state index >= 15 is 0 Å². The summed E-state index contributed by atoms with van der Waals surface area (Å²) in [7, 11) is 0. The van der Waals surface area contributed by atoms with Crippen molar-refractivity contribution in [3.8, 4) is 6.07 Å². The first-order valence-corrected chi connectivity index (χ1v) is 11.3. The standard InChI is InChI=1S/C25H24ClN3O3/c26-21-9-5-4-8-19(21)16-28(24(31)18-6-2-1-3-7-18)22-14-23(30)29(25(22)32)20-12-10-17(15-27)11-13-20/h4-5,8-13,18,22H,1-3,6-7,14,16H2. The van der Waals surface area contributed by atoms with Crippen LogP contribution in [0.15, 0.2) is 48.5 Å². The highest BCUT2D eigenvalue weighted by Gasteiger charge is 2.45. The molecule has 0 aromatic heterocycles. The van der Waals surface area contributed by atoms with Crippen LogP contribution >= 0.6 is 11.6 Å². The molecule has 2 fully saturated rings. The second-order valence-corrected chi connectivity index (χ2v) is 8.75. The summed E-state index contributed by atoms with van der Waals surface area (Å²) in [5, 5.41) is 9.53. The summed E-state index contributed by atoms with van der Waals surface area (Å²) in [6.07, 6.45) is 4.62. The van der Waals surface area contributed by atoms with E-state index in [-0.39, 0.29) is 30.7 Å². The zero-order valence-corrected chi connectivity index (χ0v) is 18.4. The van der Waals surface area contributed by atoms with Gasteiger partial charge >= 0.3 is 0 Å². The second kappa shape index (κ2) is 9.54. The predicted octanol–water partition coefficient (Wildman–Crippen LogP) is 4.45. The van der Waals surface area contributed by atoms with Crippen molar-refractivity contribution in [2.75, 3.05) is 4.90 Å². The molecule has 6 nitrogen and oxygen atoms in total. The van der Waals surface area contributed by atoms with E-state index in [1.807, 2.05) is 24.3 Å². The molecule has 0 bridgehead atoms. The maximum atomic E-state index is 13.5. The van der Waals surface area contributed by atoms with E-state index in [1.165, 1.54) is 0 Å². The number of carbonyl (C=O) groups excluding carboxylic acids is 3. The van der Waals surface area contributed by atoms with Crippen molar-refractivity contribution in [2.45, 2.75) is 51.1 Å². The number of halogens is 1. The van der Waals surface area contributed by atoms with Crippen LogP contribution in [0, 0.1) is 17.2 Å². The highest BCUT2D eigenvalue weighted by atomic mass is 35.5. The van der Waals surface area contributed by atoms with Crippen molar-refractivity contribution >= 4 is 35.0 Å². The summed E-state index contributed by atoms with van der Waals surface area (Å²) in [6, 6.07) is 14.7. The monoisotopic (exact) mass is 449 g/mol. The van der Waals surface area contributed by atoms with Crippen LogP contribution in [0.3, 0.4) is 0 Å². The van der Waals surface area contributed by atoms with Gasteiger partial charge in [0.25, 0.3) is 5.91 Å². The van der Waals surface area contributed by atoms with Crippen molar-refractivity contribution < 1.29 is 14.4 Å². The fourth-order valence-corrected chi connectivity index (χ4v) is 4.75. The van der Waals surface area contributed by atoms with Gasteiger partial charge in [0, 0.05) is 17.5 Å². The van der Waals surface area contributed by atoms with Crippen LogP contribution in [-0.4, -0.2) is 28.7 Å². The number of hydrogen-bond acceptors (Lipinski definition) is 4. The van der Waals surface area contributed by atoms with Crippen molar-refractivity contribution in [2.24, 2.45) is 5.92 Å². The Labute approximate surface area is 192 Å². The first-order valence-electron chi connectivity index (χ1n) is 10.9. The lowest BCUT2D eigenvalue weighted by molar-refractivity contribution is -0.143. The Morgan fingerprint density at radius 2 is 1.75 bits per heavy atom. The van der Waals surface area contributed by atoms with E-state index in [2.05, 4.69) is 0 Å². The lowest BCUT2D eigenvalue weighted by Crippen LogP contribution is -2.47. The first kappa shape index (κ1) is 22.0. The summed E-state index contributed by atoms with van der Waals surface area (Å²) >= 11 is 6.36. The van der Waals surface area contributed by atoms with E-state index in [1.54, 1.807) is 35.2 Å². The third-order valence-electron chi connectivity index (χ3n) is 6.29. The quantitative estimate of drug-likeness (QED) is 0.631. The van der Waals surface area contributed by atoms with E-state index in [0.29, 0.717) is 16.3 Å². The number of anilines is 1. The first-order chi connectivity index (χ1) is 15.5. The van der Waals surface area contributed by atoms with E-state index in [9.17, 15) is 14.4 Å². The maximum Gasteiger partial charge on any atom is 0.257 e. The van der Waals surface area contributed by atoms with Crippen molar-refractivity contribution in [1.29, 1.82) is 5.26 Å². The largest absolute Gasteiger partial charge is 0.325 e. The minimum absolute atomic E-state index is 0.0677. The molecule has 32 heavy (non-hydrogen) atoms. The Balaban J connectivity index is 1.64. The second-order valence-electron chi connectivity index (χ2n) is 8.34. The van der Waals surface area contributed by atoms with E-state index in [0.717, 1.165) is 42.6 Å². The number of benzene rings is 2. The Kier molecular flexibility index (Phi) is 6.57. The van der Waals surface area contributed by atoms with Gasteiger partial charge in [-0.25, -0.2) is 4.90 Å². The third kappa shape index (κ3) is 4.39. The number of nitrogens with zero attached hydrogens (tertiary/aromatic N) is 3. The predicted molar refractivity (Wildman–Crippen MR) is 121 cm³/mol. The molecule has 4 rings (SSSR count). The van der Waals surface area contributed by atoms with Gasteiger partial charge in [-0.1, -0.05) is 49.1 Å². The molecule has 1 atom stereocenters. The van der Waals surface area contributed by atoms with Gasteiger partial charge in [-0.2, -0.15) is 5.26 Å². The van der Waals surface area contributed by atoms with Gasteiger partial charge in [0.05, 0.1) is 23.7 Å². The normalized spacial score (nSPS) is 19.1. The number of carbonyl (C=O) groups is 3. The van der Waals surface area contributed by atoms with Crippen LogP contribution in [-0.2, 0) is 20.9 Å². The summed E-state index contributed by atoms with van der Waals surface area (Å²) < 4.78 is 0. The molecule has 1 heterocycles. The Bertz CT molecular complexity index is 1070. The van der Waals surface area contributed by atoms with Crippen LogP contribution in [0.25, 0.3) is 0 Å². The van der Waals surface area contributed by atoms with Crippen LogP contribution in [0.2, 0.25) is 5.02 Å². The topological polar surface area (TPSA) is 81.5 Å². The molecule has 2 aromatic rings. The Hall–Kier alpha value is -3.17. The van der Waals surface area contributed by atoms with Crippen LogP contribution in [0.4, 0.5) is 5.69 Å². The molecular weight excluding hydrogens is 426 g/mol. The van der Waals surface area contributed by atoms with Gasteiger partial charge in [0.1, 0.15) is 6.04 Å². The number of imide groups is 1. The van der Waals surface area contributed by atoms with Gasteiger partial charge in [0.15, 0.2) is 0 Å². The molecule has 1 aliphatic heterocycles. The molecule has 1 saturated heterocycles.